The molecule has 1 atom stereocenters. The Hall–Kier alpha value is -0.570. The van der Waals surface area contributed by atoms with Crippen LogP contribution < -0.4 is 0 Å². The summed E-state index contributed by atoms with van der Waals surface area (Å²) in [7, 11) is 0. The predicted octanol–water partition coefficient (Wildman–Crippen LogP) is 2.50. The molecule has 0 radical (unpaired) electrons. The lowest BCUT2D eigenvalue weighted by Crippen LogP contribution is -2.38. The summed E-state index contributed by atoms with van der Waals surface area (Å²) in [6.45, 7) is 3.02. The lowest BCUT2D eigenvalue weighted by molar-refractivity contribution is -0.137. The van der Waals surface area contributed by atoms with Crippen molar-refractivity contribution in [2.75, 3.05) is 6.54 Å². The first-order chi connectivity index (χ1) is 7.66. The number of nitrogens with zero attached hydrogens (tertiary/aromatic N) is 1. The second-order valence-electron chi connectivity index (χ2n) is 5.49. The molecule has 2 rings (SSSR count). The molecule has 16 heavy (non-hydrogen) atoms. The molecule has 1 N–H and O–H groups in total. The number of hydrogen-bond donors (Lipinski definition) is 1. The van der Waals surface area contributed by atoms with Gasteiger partial charge in [0.15, 0.2) is 0 Å². The van der Waals surface area contributed by atoms with E-state index in [0.29, 0.717) is 18.5 Å². The van der Waals surface area contributed by atoms with Crippen LogP contribution in [-0.4, -0.2) is 34.6 Å². The molecular formula is C13H23NO2. The van der Waals surface area contributed by atoms with E-state index in [-0.39, 0.29) is 0 Å². The van der Waals surface area contributed by atoms with E-state index in [1.54, 1.807) is 0 Å². The number of carboxylic acid groups (broad SMARTS) is 1. The molecule has 0 heterocycles. The molecule has 0 amide bonds. The number of rotatable bonds is 7. The zero-order valence-electron chi connectivity index (χ0n) is 10.2. The van der Waals surface area contributed by atoms with Crippen molar-refractivity contribution in [3.8, 4) is 0 Å². The smallest absolute Gasteiger partial charge is 0.304 e. The normalized spacial score (nSPS) is 23.1. The third kappa shape index (κ3) is 3.21. The van der Waals surface area contributed by atoms with Crippen molar-refractivity contribution < 1.29 is 9.90 Å². The van der Waals surface area contributed by atoms with Crippen molar-refractivity contribution in [3.63, 3.8) is 0 Å². The standard InChI is InChI=1S/C13H23NO2/c1-10(9-11-3-2-4-11)14(12-5-6-12)8-7-13(15)16/h10-12H,2-9H2,1H3,(H,15,16). The minimum atomic E-state index is -0.665. The molecule has 0 aromatic carbocycles. The summed E-state index contributed by atoms with van der Waals surface area (Å²) in [5, 5.41) is 8.76. The third-order valence-electron chi connectivity index (χ3n) is 4.07. The highest BCUT2D eigenvalue weighted by Crippen LogP contribution is 2.35. The van der Waals surface area contributed by atoms with Gasteiger partial charge in [-0.1, -0.05) is 19.3 Å². The van der Waals surface area contributed by atoms with Crippen LogP contribution in [0, 0.1) is 5.92 Å². The van der Waals surface area contributed by atoms with Crippen molar-refractivity contribution in [2.24, 2.45) is 5.92 Å². The van der Waals surface area contributed by atoms with E-state index in [9.17, 15) is 4.79 Å². The van der Waals surface area contributed by atoms with Crippen LogP contribution in [0.2, 0.25) is 0 Å². The molecule has 3 heteroatoms. The van der Waals surface area contributed by atoms with Gasteiger partial charge in [0.2, 0.25) is 0 Å². The van der Waals surface area contributed by atoms with Gasteiger partial charge in [-0.15, -0.1) is 0 Å². The lowest BCUT2D eigenvalue weighted by Gasteiger charge is -2.34. The molecule has 2 saturated carbocycles. The molecule has 3 nitrogen and oxygen atoms in total. The van der Waals surface area contributed by atoms with Gasteiger partial charge in [0.25, 0.3) is 0 Å². The average molecular weight is 225 g/mol. The van der Waals surface area contributed by atoms with Crippen LogP contribution in [0.5, 0.6) is 0 Å². The molecule has 0 aliphatic heterocycles. The average Bonchev–Trinajstić information content (AvgIpc) is 2.95. The summed E-state index contributed by atoms with van der Waals surface area (Å²) in [5.74, 6) is 0.252. The molecule has 0 bridgehead atoms. The van der Waals surface area contributed by atoms with E-state index < -0.39 is 5.97 Å². The number of aliphatic carboxylic acids is 1. The van der Waals surface area contributed by atoms with E-state index in [1.807, 2.05) is 0 Å². The number of carbonyl (C=O) groups is 1. The molecule has 2 fully saturated rings. The molecule has 0 aromatic rings. The van der Waals surface area contributed by atoms with Crippen molar-refractivity contribution in [1.82, 2.24) is 4.90 Å². The van der Waals surface area contributed by atoms with Crippen LogP contribution in [-0.2, 0) is 4.79 Å². The van der Waals surface area contributed by atoms with Gasteiger partial charge in [-0.05, 0) is 32.1 Å². The fourth-order valence-electron chi connectivity index (χ4n) is 2.74. The summed E-state index contributed by atoms with van der Waals surface area (Å²) in [6.07, 6.45) is 8.30. The second kappa shape index (κ2) is 5.17. The van der Waals surface area contributed by atoms with Gasteiger partial charge >= 0.3 is 5.97 Å². The first-order valence-electron chi connectivity index (χ1n) is 6.64. The predicted molar refractivity (Wildman–Crippen MR) is 63.4 cm³/mol. The van der Waals surface area contributed by atoms with Gasteiger partial charge in [-0.3, -0.25) is 9.69 Å². The minimum Gasteiger partial charge on any atom is -0.481 e. The van der Waals surface area contributed by atoms with Crippen molar-refractivity contribution in [3.05, 3.63) is 0 Å². The van der Waals surface area contributed by atoms with Gasteiger partial charge < -0.3 is 5.11 Å². The SMILES string of the molecule is CC(CC1CCC1)N(CCC(=O)O)C1CC1. The van der Waals surface area contributed by atoms with Crippen LogP contribution in [0.1, 0.15) is 51.9 Å². The quantitative estimate of drug-likeness (QED) is 0.723. The Bertz CT molecular complexity index is 246. The summed E-state index contributed by atoms with van der Waals surface area (Å²) in [4.78, 5) is 13.1. The highest BCUT2D eigenvalue weighted by atomic mass is 16.4. The van der Waals surface area contributed by atoms with Crippen molar-refractivity contribution >= 4 is 5.97 Å². The van der Waals surface area contributed by atoms with Gasteiger partial charge in [-0.25, -0.2) is 0 Å². The highest BCUT2D eigenvalue weighted by Gasteiger charge is 2.33. The Morgan fingerprint density at radius 1 is 1.38 bits per heavy atom. The summed E-state index contributed by atoms with van der Waals surface area (Å²) in [5.41, 5.74) is 0. The number of carboxylic acids is 1. The molecule has 0 spiro atoms. The Balaban J connectivity index is 1.77. The van der Waals surface area contributed by atoms with E-state index in [1.165, 1.54) is 38.5 Å². The molecule has 0 aromatic heterocycles. The van der Waals surface area contributed by atoms with Crippen LogP contribution in [0.3, 0.4) is 0 Å². The summed E-state index contributed by atoms with van der Waals surface area (Å²) in [6, 6.07) is 1.27. The van der Waals surface area contributed by atoms with E-state index in [4.69, 9.17) is 5.11 Å². The van der Waals surface area contributed by atoms with E-state index in [0.717, 1.165) is 12.5 Å². The first-order valence-corrected chi connectivity index (χ1v) is 6.64. The van der Waals surface area contributed by atoms with Crippen LogP contribution in [0.15, 0.2) is 0 Å². The summed E-state index contributed by atoms with van der Waals surface area (Å²) >= 11 is 0. The van der Waals surface area contributed by atoms with Crippen LogP contribution in [0.25, 0.3) is 0 Å². The molecule has 0 saturated heterocycles. The van der Waals surface area contributed by atoms with Crippen LogP contribution >= 0.6 is 0 Å². The fraction of sp³-hybridized carbons (Fsp3) is 0.923. The maximum absolute atomic E-state index is 10.6. The van der Waals surface area contributed by atoms with E-state index >= 15 is 0 Å². The Morgan fingerprint density at radius 3 is 2.50 bits per heavy atom. The lowest BCUT2D eigenvalue weighted by atomic mass is 9.81. The maximum Gasteiger partial charge on any atom is 0.304 e. The Kier molecular flexibility index (Phi) is 3.85. The Labute approximate surface area is 97.8 Å². The van der Waals surface area contributed by atoms with Gasteiger partial charge in [0.05, 0.1) is 6.42 Å². The zero-order valence-corrected chi connectivity index (χ0v) is 10.2. The molecule has 2 aliphatic rings. The Morgan fingerprint density at radius 2 is 2.06 bits per heavy atom. The van der Waals surface area contributed by atoms with Crippen molar-refractivity contribution in [2.45, 2.75) is 64.0 Å². The van der Waals surface area contributed by atoms with E-state index in [2.05, 4.69) is 11.8 Å². The first kappa shape index (κ1) is 11.9. The molecule has 92 valence electrons. The maximum atomic E-state index is 10.6. The van der Waals surface area contributed by atoms with Crippen molar-refractivity contribution in [1.29, 1.82) is 0 Å². The largest absolute Gasteiger partial charge is 0.481 e. The molecule has 1 unspecified atom stereocenters. The molecular weight excluding hydrogens is 202 g/mol. The number of hydrogen-bond acceptors (Lipinski definition) is 2. The van der Waals surface area contributed by atoms with Gasteiger partial charge in [-0.2, -0.15) is 0 Å². The van der Waals surface area contributed by atoms with Crippen LogP contribution in [0.4, 0.5) is 0 Å². The zero-order chi connectivity index (χ0) is 11.5. The minimum absolute atomic E-state index is 0.297. The topological polar surface area (TPSA) is 40.5 Å². The van der Waals surface area contributed by atoms with Gasteiger partial charge in [0, 0.05) is 18.6 Å². The summed E-state index contributed by atoms with van der Waals surface area (Å²) < 4.78 is 0. The monoisotopic (exact) mass is 225 g/mol. The third-order valence-corrected chi connectivity index (χ3v) is 4.07. The second-order valence-corrected chi connectivity index (χ2v) is 5.49. The molecule has 2 aliphatic carbocycles. The van der Waals surface area contributed by atoms with Gasteiger partial charge in [0.1, 0.15) is 0 Å². The fourth-order valence-corrected chi connectivity index (χ4v) is 2.74. The highest BCUT2D eigenvalue weighted by molar-refractivity contribution is 5.66.